The monoisotopic (exact) mass is 237 g/mol. The molecule has 0 aliphatic carbocycles. The summed E-state index contributed by atoms with van der Waals surface area (Å²) >= 11 is 0. The van der Waals surface area contributed by atoms with Gasteiger partial charge < -0.3 is 10.6 Å². The molecule has 0 aliphatic rings. The first-order valence-corrected chi connectivity index (χ1v) is 6.44. The van der Waals surface area contributed by atoms with Gasteiger partial charge in [-0.05, 0) is 32.7 Å². The van der Waals surface area contributed by atoms with E-state index in [9.17, 15) is 0 Å². The summed E-state index contributed by atoms with van der Waals surface area (Å²) < 4.78 is 0. The number of aryl methyl sites for hydroxylation is 2. The maximum absolute atomic E-state index is 5.53. The second-order valence-corrected chi connectivity index (χ2v) is 3.93. The summed E-state index contributed by atoms with van der Waals surface area (Å²) in [5.74, 6) is 0.731. The molecule has 0 bridgehead atoms. The molecule has 2 N–H and O–H groups in total. The molecule has 96 valence electrons. The van der Waals surface area contributed by atoms with Gasteiger partial charge in [0.15, 0.2) is 0 Å². The van der Waals surface area contributed by atoms with E-state index >= 15 is 0 Å². The molecule has 0 saturated heterocycles. The number of nitrogens with two attached hydrogens (primary N) is 1. The van der Waals surface area contributed by atoms with Crippen molar-refractivity contribution in [2.75, 3.05) is 24.5 Å². The van der Waals surface area contributed by atoms with Crippen LogP contribution in [0.2, 0.25) is 0 Å². The molecule has 0 radical (unpaired) electrons. The Morgan fingerprint density at radius 3 is 2.29 bits per heavy atom. The summed E-state index contributed by atoms with van der Waals surface area (Å²) in [6.45, 7) is 8.75. The topological polar surface area (TPSA) is 67.9 Å². The normalized spacial score (nSPS) is 10.6. The SMILES string of the molecule is CCc1nnc(N(CC)CCCN)nc1CC. The van der Waals surface area contributed by atoms with E-state index in [1.54, 1.807) is 0 Å². The minimum Gasteiger partial charge on any atom is -0.340 e. The lowest BCUT2D eigenvalue weighted by molar-refractivity contribution is 0.706. The van der Waals surface area contributed by atoms with Crippen LogP contribution in [0, 0.1) is 0 Å². The summed E-state index contributed by atoms with van der Waals surface area (Å²) in [6, 6.07) is 0. The van der Waals surface area contributed by atoms with Crippen molar-refractivity contribution < 1.29 is 0 Å². The van der Waals surface area contributed by atoms with E-state index in [0.717, 1.165) is 49.7 Å². The fourth-order valence-electron chi connectivity index (χ4n) is 1.74. The summed E-state index contributed by atoms with van der Waals surface area (Å²) in [6.07, 6.45) is 2.74. The Hall–Kier alpha value is -1.23. The first-order chi connectivity index (χ1) is 8.26. The first-order valence-electron chi connectivity index (χ1n) is 6.44. The van der Waals surface area contributed by atoms with Gasteiger partial charge in [0.2, 0.25) is 5.95 Å². The van der Waals surface area contributed by atoms with Gasteiger partial charge in [0, 0.05) is 13.1 Å². The molecular formula is C12H23N5. The van der Waals surface area contributed by atoms with Crippen molar-refractivity contribution in [3.05, 3.63) is 11.4 Å². The van der Waals surface area contributed by atoms with Crippen LogP contribution in [-0.4, -0.2) is 34.8 Å². The second kappa shape index (κ2) is 7.17. The minimum atomic E-state index is 0.692. The van der Waals surface area contributed by atoms with Crippen LogP contribution in [0.4, 0.5) is 5.95 Å². The Kier molecular flexibility index (Phi) is 5.83. The summed E-state index contributed by atoms with van der Waals surface area (Å²) in [5.41, 5.74) is 7.59. The Balaban J connectivity index is 2.88. The van der Waals surface area contributed by atoms with Gasteiger partial charge in [0.25, 0.3) is 0 Å². The Morgan fingerprint density at radius 1 is 1.06 bits per heavy atom. The standard InChI is InChI=1S/C12H23N5/c1-4-10-11(5-2)15-16-12(14-10)17(6-3)9-7-8-13/h4-9,13H2,1-3H3. The number of hydrogen-bond donors (Lipinski definition) is 1. The number of anilines is 1. The molecule has 1 aromatic heterocycles. The van der Waals surface area contributed by atoms with Gasteiger partial charge in [-0.25, -0.2) is 4.98 Å². The van der Waals surface area contributed by atoms with E-state index in [4.69, 9.17) is 5.73 Å². The van der Waals surface area contributed by atoms with Gasteiger partial charge >= 0.3 is 0 Å². The molecule has 17 heavy (non-hydrogen) atoms. The molecule has 0 aromatic carbocycles. The molecule has 0 atom stereocenters. The summed E-state index contributed by atoms with van der Waals surface area (Å²) in [5, 5.41) is 8.47. The minimum absolute atomic E-state index is 0.692. The predicted octanol–water partition coefficient (Wildman–Crippen LogP) is 1.17. The quantitative estimate of drug-likeness (QED) is 0.771. The second-order valence-electron chi connectivity index (χ2n) is 3.93. The number of aromatic nitrogens is 3. The molecule has 5 heteroatoms. The lowest BCUT2D eigenvalue weighted by Crippen LogP contribution is -2.28. The highest BCUT2D eigenvalue weighted by atomic mass is 15.3. The van der Waals surface area contributed by atoms with Crippen LogP contribution in [0.15, 0.2) is 0 Å². The zero-order valence-corrected chi connectivity index (χ0v) is 11.1. The maximum atomic E-state index is 5.53. The maximum Gasteiger partial charge on any atom is 0.245 e. The Morgan fingerprint density at radius 2 is 1.76 bits per heavy atom. The third-order valence-corrected chi connectivity index (χ3v) is 2.79. The largest absolute Gasteiger partial charge is 0.340 e. The highest BCUT2D eigenvalue weighted by Crippen LogP contribution is 2.11. The molecule has 1 heterocycles. The first kappa shape index (κ1) is 13.8. The summed E-state index contributed by atoms with van der Waals surface area (Å²) in [7, 11) is 0. The fourth-order valence-corrected chi connectivity index (χ4v) is 1.74. The van der Waals surface area contributed by atoms with Crippen molar-refractivity contribution in [3.8, 4) is 0 Å². The lowest BCUT2D eigenvalue weighted by Gasteiger charge is -2.20. The smallest absolute Gasteiger partial charge is 0.245 e. The zero-order chi connectivity index (χ0) is 12.7. The van der Waals surface area contributed by atoms with E-state index in [2.05, 4.69) is 40.9 Å². The van der Waals surface area contributed by atoms with Gasteiger partial charge in [0.05, 0.1) is 11.4 Å². The molecule has 0 amide bonds. The van der Waals surface area contributed by atoms with Crippen LogP contribution in [0.1, 0.15) is 38.6 Å². The highest BCUT2D eigenvalue weighted by Gasteiger charge is 2.11. The van der Waals surface area contributed by atoms with E-state index in [-0.39, 0.29) is 0 Å². The van der Waals surface area contributed by atoms with Gasteiger partial charge in [0.1, 0.15) is 0 Å². The van der Waals surface area contributed by atoms with Crippen molar-refractivity contribution in [2.45, 2.75) is 40.0 Å². The third-order valence-electron chi connectivity index (χ3n) is 2.79. The van der Waals surface area contributed by atoms with Crippen LogP contribution >= 0.6 is 0 Å². The molecule has 1 rings (SSSR count). The number of hydrogen-bond acceptors (Lipinski definition) is 5. The molecule has 0 unspecified atom stereocenters. The highest BCUT2D eigenvalue weighted by molar-refractivity contribution is 5.30. The number of rotatable bonds is 7. The zero-order valence-electron chi connectivity index (χ0n) is 11.1. The Labute approximate surface area is 103 Å². The third kappa shape index (κ3) is 3.63. The van der Waals surface area contributed by atoms with Gasteiger partial charge in [-0.15, -0.1) is 5.10 Å². The molecular weight excluding hydrogens is 214 g/mol. The van der Waals surface area contributed by atoms with E-state index < -0.39 is 0 Å². The molecule has 0 spiro atoms. The molecule has 5 nitrogen and oxygen atoms in total. The van der Waals surface area contributed by atoms with Crippen LogP contribution in [-0.2, 0) is 12.8 Å². The van der Waals surface area contributed by atoms with Crippen molar-refractivity contribution in [2.24, 2.45) is 5.73 Å². The van der Waals surface area contributed by atoms with Gasteiger partial charge in [-0.3, -0.25) is 0 Å². The average molecular weight is 237 g/mol. The van der Waals surface area contributed by atoms with Gasteiger partial charge in [-0.1, -0.05) is 13.8 Å². The van der Waals surface area contributed by atoms with Crippen molar-refractivity contribution in [3.63, 3.8) is 0 Å². The predicted molar refractivity (Wildman–Crippen MR) is 70.1 cm³/mol. The van der Waals surface area contributed by atoms with Crippen LogP contribution in [0.25, 0.3) is 0 Å². The van der Waals surface area contributed by atoms with E-state index in [0.29, 0.717) is 6.54 Å². The van der Waals surface area contributed by atoms with Crippen LogP contribution in [0.5, 0.6) is 0 Å². The fraction of sp³-hybridized carbons (Fsp3) is 0.750. The summed E-state index contributed by atoms with van der Waals surface area (Å²) in [4.78, 5) is 6.72. The molecule has 0 saturated carbocycles. The van der Waals surface area contributed by atoms with Crippen molar-refractivity contribution in [1.82, 2.24) is 15.2 Å². The Bertz CT molecular complexity index is 340. The molecule has 0 fully saturated rings. The van der Waals surface area contributed by atoms with Gasteiger partial charge in [-0.2, -0.15) is 5.10 Å². The molecule has 0 aliphatic heterocycles. The molecule has 1 aromatic rings. The number of nitrogens with zero attached hydrogens (tertiary/aromatic N) is 4. The van der Waals surface area contributed by atoms with Crippen LogP contribution in [0.3, 0.4) is 0 Å². The van der Waals surface area contributed by atoms with Crippen LogP contribution < -0.4 is 10.6 Å². The van der Waals surface area contributed by atoms with E-state index in [1.807, 2.05) is 0 Å². The average Bonchev–Trinajstić information content (AvgIpc) is 2.39. The van der Waals surface area contributed by atoms with Crippen molar-refractivity contribution >= 4 is 5.95 Å². The van der Waals surface area contributed by atoms with Crippen molar-refractivity contribution in [1.29, 1.82) is 0 Å². The lowest BCUT2D eigenvalue weighted by atomic mass is 10.2. The van der Waals surface area contributed by atoms with E-state index in [1.165, 1.54) is 0 Å².